The molecule has 3 rings (SSSR count). The first-order valence-corrected chi connectivity index (χ1v) is 9.35. The van der Waals surface area contributed by atoms with E-state index >= 15 is 0 Å². The zero-order valence-corrected chi connectivity index (χ0v) is 15.8. The van der Waals surface area contributed by atoms with Gasteiger partial charge in [0, 0.05) is 25.0 Å². The minimum atomic E-state index is -0.115. The Labute approximate surface area is 159 Å². The van der Waals surface area contributed by atoms with E-state index in [-0.39, 0.29) is 17.9 Å². The van der Waals surface area contributed by atoms with Gasteiger partial charge in [0.15, 0.2) is 0 Å². The molecule has 0 aliphatic rings. The molecule has 136 valence electrons. The van der Waals surface area contributed by atoms with Crippen molar-refractivity contribution in [1.29, 1.82) is 0 Å². The van der Waals surface area contributed by atoms with Gasteiger partial charge < -0.3 is 9.64 Å². The van der Waals surface area contributed by atoms with Crippen LogP contribution in [0.4, 0.5) is 0 Å². The van der Waals surface area contributed by atoms with Gasteiger partial charge in [-0.2, -0.15) is 0 Å². The molecule has 0 fully saturated rings. The molecule has 0 atom stereocenters. The van der Waals surface area contributed by atoms with Crippen LogP contribution in [0.15, 0.2) is 46.8 Å². The standard InChI is InChI=1S/C18H18ClN3O3S/c1-21(8-9-25-14-4-2-3-13(19)11-14)16(23)5-7-22-12-20-17-15(18(22)24)6-10-26-17/h2-4,6,10-12H,5,7-9H2,1H3. The molecule has 2 aromatic heterocycles. The van der Waals surface area contributed by atoms with Crippen LogP contribution < -0.4 is 10.3 Å². The van der Waals surface area contributed by atoms with Crippen molar-refractivity contribution in [3.8, 4) is 5.75 Å². The van der Waals surface area contributed by atoms with Crippen molar-refractivity contribution in [2.24, 2.45) is 0 Å². The molecule has 8 heteroatoms. The predicted octanol–water partition coefficient (Wildman–Crippen LogP) is 3.04. The highest BCUT2D eigenvalue weighted by Gasteiger charge is 2.11. The lowest BCUT2D eigenvalue weighted by Gasteiger charge is -2.18. The molecule has 1 amide bonds. The van der Waals surface area contributed by atoms with Gasteiger partial charge in [-0.1, -0.05) is 17.7 Å². The Kier molecular flexibility index (Phi) is 5.90. The Bertz CT molecular complexity index is 969. The van der Waals surface area contributed by atoms with Gasteiger partial charge in [-0.25, -0.2) is 4.98 Å². The molecule has 1 aromatic carbocycles. The maximum absolute atomic E-state index is 12.3. The molecule has 2 heterocycles. The van der Waals surface area contributed by atoms with Gasteiger partial charge in [-0.3, -0.25) is 14.2 Å². The summed E-state index contributed by atoms with van der Waals surface area (Å²) in [5.74, 6) is 0.608. The van der Waals surface area contributed by atoms with E-state index in [0.29, 0.717) is 40.7 Å². The lowest BCUT2D eigenvalue weighted by atomic mass is 10.3. The van der Waals surface area contributed by atoms with Crippen molar-refractivity contribution < 1.29 is 9.53 Å². The Morgan fingerprint density at radius 3 is 3.04 bits per heavy atom. The zero-order chi connectivity index (χ0) is 18.5. The van der Waals surface area contributed by atoms with Crippen LogP contribution in [0.1, 0.15) is 6.42 Å². The average molecular weight is 392 g/mol. The summed E-state index contributed by atoms with van der Waals surface area (Å²) >= 11 is 7.33. The summed E-state index contributed by atoms with van der Waals surface area (Å²) in [5, 5.41) is 3.03. The van der Waals surface area contributed by atoms with Crippen LogP contribution in [0.2, 0.25) is 5.02 Å². The average Bonchev–Trinajstić information content (AvgIpc) is 3.10. The number of benzene rings is 1. The van der Waals surface area contributed by atoms with Crippen LogP contribution in [0.25, 0.3) is 10.2 Å². The second-order valence-electron chi connectivity index (χ2n) is 5.75. The van der Waals surface area contributed by atoms with Crippen LogP contribution in [0, 0.1) is 0 Å². The van der Waals surface area contributed by atoms with Gasteiger partial charge in [-0.05, 0) is 29.6 Å². The molecule has 0 aliphatic heterocycles. The van der Waals surface area contributed by atoms with Crippen molar-refractivity contribution in [2.75, 3.05) is 20.2 Å². The van der Waals surface area contributed by atoms with E-state index in [0.717, 1.165) is 0 Å². The quantitative estimate of drug-likeness (QED) is 0.621. The molecule has 26 heavy (non-hydrogen) atoms. The molecule has 0 saturated heterocycles. The summed E-state index contributed by atoms with van der Waals surface area (Å²) in [4.78, 5) is 31.1. The van der Waals surface area contributed by atoms with Crippen molar-refractivity contribution in [1.82, 2.24) is 14.5 Å². The monoisotopic (exact) mass is 391 g/mol. The molecule has 0 radical (unpaired) electrons. The van der Waals surface area contributed by atoms with Gasteiger partial charge in [0.05, 0.1) is 18.3 Å². The Morgan fingerprint density at radius 2 is 2.23 bits per heavy atom. The molecule has 0 bridgehead atoms. The topological polar surface area (TPSA) is 64.4 Å². The summed E-state index contributed by atoms with van der Waals surface area (Å²) in [6.45, 7) is 1.11. The minimum absolute atomic E-state index is 0.0583. The normalized spacial score (nSPS) is 10.8. The zero-order valence-electron chi connectivity index (χ0n) is 14.2. The first-order chi connectivity index (χ1) is 12.5. The van der Waals surface area contributed by atoms with Gasteiger partial charge in [-0.15, -0.1) is 11.3 Å². The van der Waals surface area contributed by atoms with Crippen molar-refractivity contribution in [2.45, 2.75) is 13.0 Å². The Hall–Kier alpha value is -2.38. The first-order valence-electron chi connectivity index (χ1n) is 8.09. The molecule has 0 saturated carbocycles. The van der Waals surface area contributed by atoms with Crippen LogP contribution in [-0.2, 0) is 11.3 Å². The van der Waals surface area contributed by atoms with Gasteiger partial charge >= 0.3 is 0 Å². The van der Waals surface area contributed by atoms with Crippen LogP contribution >= 0.6 is 22.9 Å². The smallest absolute Gasteiger partial charge is 0.262 e. The fourth-order valence-electron chi connectivity index (χ4n) is 2.44. The number of likely N-dealkylation sites (N-methyl/N-ethyl adjacent to an activating group) is 1. The second-order valence-corrected chi connectivity index (χ2v) is 7.08. The van der Waals surface area contributed by atoms with E-state index in [1.54, 1.807) is 30.1 Å². The first kappa shape index (κ1) is 18.4. The number of nitrogens with zero attached hydrogens (tertiary/aromatic N) is 3. The summed E-state index contributed by atoms with van der Waals surface area (Å²) in [7, 11) is 1.72. The number of aromatic nitrogens is 2. The lowest BCUT2D eigenvalue weighted by molar-refractivity contribution is -0.130. The second kappa shape index (κ2) is 8.33. The SMILES string of the molecule is CN(CCOc1cccc(Cl)c1)C(=O)CCn1cnc2sccc2c1=O. The fourth-order valence-corrected chi connectivity index (χ4v) is 3.35. The number of aryl methyl sites for hydroxylation is 1. The number of carbonyl (C=O) groups is 1. The van der Waals surface area contributed by atoms with Crippen molar-refractivity contribution in [3.05, 3.63) is 57.4 Å². The molecule has 0 unspecified atom stereocenters. The van der Waals surface area contributed by atoms with E-state index < -0.39 is 0 Å². The summed E-state index contributed by atoms with van der Waals surface area (Å²) < 4.78 is 7.06. The molecule has 6 nitrogen and oxygen atoms in total. The van der Waals surface area contributed by atoms with E-state index in [4.69, 9.17) is 16.3 Å². The Morgan fingerprint density at radius 1 is 1.38 bits per heavy atom. The fraction of sp³-hybridized carbons (Fsp3) is 0.278. The minimum Gasteiger partial charge on any atom is -0.492 e. The molecular weight excluding hydrogens is 374 g/mol. The molecule has 0 spiro atoms. The van der Waals surface area contributed by atoms with E-state index in [1.165, 1.54) is 22.2 Å². The van der Waals surface area contributed by atoms with Crippen molar-refractivity contribution >= 4 is 39.1 Å². The summed E-state index contributed by atoms with van der Waals surface area (Å²) in [6, 6.07) is 8.88. The number of carbonyl (C=O) groups excluding carboxylic acids is 1. The molecular formula is C18H18ClN3O3S. The number of rotatable bonds is 7. The number of amides is 1. The highest BCUT2D eigenvalue weighted by molar-refractivity contribution is 7.16. The summed E-state index contributed by atoms with van der Waals surface area (Å²) in [6.07, 6.45) is 1.72. The largest absolute Gasteiger partial charge is 0.492 e. The number of hydrogen-bond acceptors (Lipinski definition) is 5. The number of ether oxygens (including phenoxy) is 1. The van der Waals surface area contributed by atoms with Crippen molar-refractivity contribution in [3.63, 3.8) is 0 Å². The van der Waals surface area contributed by atoms with Crippen LogP contribution in [0.5, 0.6) is 5.75 Å². The Balaban J connectivity index is 1.49. The number of hydrogen-bond donors (Lipinski definition) is 0. The van der Waals surface area contributed by atoms with Gasteiger partial charge in [0.2, 0.25) is 5.91 Å². The van der Waals surface area contributed by atoms with Gasteiger partial charge in [0.25, 0.3) is 5.56 Å². The number of thiophene rings is 1. The predicted molar refractivity (Wildman–Crippen MR) is 103 cm³/mol. The third-order valence-corrected chi connectivity index (χ3v) is 4.99. The maximum Gasteiger partial charge on any atom is 0.262 e. The highest BCUT2D eigenvalue weighted by atomic mass is 35.5. The maximum atomic E-state index is 12.3. The van der Waals surface area contributed by atoms with Crippen LogP contribution in [-0.4, -0.2) is 40.6 Å². The molecule has 0 aliphatic carbocycles. The molecule has 0 N–H and O–H groups in total. The lowest BCUT2D eigenvalue weighted by Crippen LogP contribution is -2.32. The number of fused-ring (bicyclic) bond motifs is 1. The third-order valence-electron chi connectivity index (χ3n) is 3.93. The van der Waals surface area contributed by atoms with Gasteiger partial charge in [0.1, 0.15) is 17.2 Å². The van der Waals surface area contributed by atoms with E-state index in [1.807, 2.05) is 17.5 Å². The van der Waals surface area contributed by atoms with Crippen LogP contribution in [0.3, 0.4) is 0 Å². The number of halogens is 1. The molecule has 3 aromatic rings. The highest BCUT2D eigenvalue weighted by Crippen LogP contribution is 2.17. The summed E-state index contributed by atoms with van der Waals surface area (Å²) in [5.41, 5.74) is -0.115. The van der Waals surface area contributed by atoms with E-state index in [9.17, 15) is 9.59 Å². The van der Waals surface area contributed by atoms with E-state index in [2.05, 4.69) is 4.98 Å². The third kappa shape index (κ3) is 4.42.